The first-order valence-electron chi connectivity index (χ1n) is 10.8. The zero-order chi connectivity index (χ0) is 20.4. The summed E-state index contributed by atoms with van der Waals surface area (Å²) in [6.45, 7) is 5.90. The molecule has 1 aliphatic heterocycles. The third-order valence-electron chi connectivity index (χ3n) is 6.23. The Morgan fingerprint density at radius 2 is 2.00 bits per heavy atom. The minimum absolute atomic E-state index is 0.104. The summed E-state index contributed by atoms with van der Waals surface area (Å²) in [6.07, 6.45) is 6.47. The highest BCUT2D eigenvalue weighted by molar-refractivity contribution is 5.92. The predicted molar refractivity (Wildman–Crippen MR) is 113 cm³/mol. The van der Waals surface area contributed by atoms with Crippen LogP contribution in [0.15, 0.2) is 22.7 Å². The zero-order valence-corrected chi connectivity index (χ0v) is 17.4. The molecule has 29 heavy (non-hydrogen) atoms. The fourth-order valence-electron chi connectivity index (χ4n) is 4.66. The molecular formula is C23H31N3O3. The van der Waals surface area contributed by atoms with Crippen LogP contribution in [-0.2, 0) is 11.3 Å². The Labute approximate surface area is 172 Å². The summed E-state index contributed by atoms with van der Waals surface area (Å²) in [5.74, 6) is 1.41. The number of aliphatic hydroxyl groups excluding tert-OH is 1. The Morgan fingerprint density at radius 3 is 2.66 bits per heavy atom. The van der Waals surface area contributed by atoms with Gasteiger partial charge < -0.3 is 14.9 Å². The van der Waals surface area contributed by atoms with Crippen molar-refractivity contribution in [1.29, 1.82) is 0 Å². The number of carbonyl (C=O) groups excluding carboxylic acids is 1. The van der Waals surface area contributed by atoms with Crippen molar-refractivity contribution in [1.82, 2.24) is 10.1 Å². The van der Waals surface area contributed by atoms with Crippen LogP contribution in [0, 0.1) is 19.8 Å². The van der Waals surface area contributed by atoms with Gasteiger partial charge in [-0.05, 0) is 55.9 Å². The first-order chi connectivity index (χ1) is 14.0. The molecule has 1 aliphatic carbocycles. The number of hydrogen-bond acceptors (Lipinski definition) is 5. The predicted octanol–water partition coefficient (Wildman–Crippen LogP) is 4.04. The number of benzene rings is 1. The average molecular weight is 398 g/mol. The molecule has 2 N–H and O–H groups in total. The molecule has 1 saturated heterocycles. The van der Waals surface area contributed by atoms with Gasteiger partial charge in [-0.15, -0.1) is 0 Å². The van der Waals surface area contributed by atoms with E-state index in [2.05, 4.69) is 21.4 Å². The van der Waals surface area contributed by atoms with E-state index < -0.39 is 0 Å². The maximum Gasteiger partial charge on any atom is 0.224 e. The summed E-state index contributed by atoms with van der Waals surface area (Å²) >= 11 is 0. The second-order valence-corrected chi connectivity index (χ2v) is 8.68. The Bertz CT molecular complexity index is 845. The first-order valence-corrected chi connectivity index (χ1v) is 10.8. The van der Waals surface area contributed by atoms with Crippen LogP contribution in [0.25, 0.3) is 11.1 Å². The minimum Gasteiger partial charge on any atom is -0.390 e. The van der Waals surface area contributed by atoms with Gasteiger partial charge in [-0.3, -0.25) is 9.69 Å². The number of carbonyl (C=O) groups is 1. The van der Waals surface area contributed by atoms with Gasteiger partial charge in [0.15, 0.2) is 0 Å². The number of aromatic nitrogens is 1. The molecule has 0 unspecified atom stereocenters. The van der Waals surface area contributed by atoms with Crippen molar-refractivity contribution in [2.24, 2.45) is 5.92 Å². The van der Waals surface area contributed by atoms with Crippen LogP contribution in [-0.4, -0.2) is 40.3 Å². The zero-order valence-electron chi connectivity index (χ0n) is 17.4. The van der Waals surface area contributed by atoms with E-state index in [0.29, 0.717) is 32.0 Å². The number of nitrogens with one attached hydrogen (secondary N) is 1. The number of aliphatic hydroxyl groups is 1. The van der Waals surface area contributed by atoms with E-state index in [1.54, 1.807) is 0 Å². The van der Waals surface area contributed by atoms with E-state index in [4.69, 9.17) is 4.52 Å². The van der Waals surface area contributed by atoms with Gasteiger partial charge in [0.2, 0.25) is 5.91 Å². The van der Waals surface area contributed by atoms with Gasteiger partial charge in [-0.2, -0.15) is 0 Å². The van der Waals surface area contributed by atoms with Crippen LogP contribution >= 0.6 is 0 Å². The molecule has 1 saturated carbocycles. The highest BCUT2D eigenvalue weighted by Crippen LogP contribution is 2.32. The van der Waals surface area contributed by atoms with Crippen LogP contribution in [0.2, 0.25) is 0 Å². The fourth-order valence-corrected chi connectivity index (χ4v) is 4.66. The van der Waals surface area contributed by atoms with Crippen molar-refractivity contribution in [3.05, 3.63) is 35.2 Å². The number of nitrogens with zero attached hydrogens (tertiary/aromatic N) is 2. The number of rotatable bonds is 6. The molecule has 1 amide bonds. The number of likely N-dealkylation sites (tertiary alicyclic amines) is 1. The molecule has 1 aromatic carbocycles. The molecule has 6 nitrogen and oxygen atoms in total. The number of hydrogen-bond donors (Lipinski definition) is 2. The second kappa shape index (κ2) is 8.67. The molecule has 2 aromatic rings. The Morgan fingerprint density at radius 1 is 1.24 bits per heavy atom. The van der Waals surface area contributed by atoms with Crippen LogP contribution in [0.5, 0.6) is 0 Å². The number of β-amino-alcohol motifs (C(OH)–C–C–N with tert-alkyl or cyclic N) is 1. The number of anilines is 1. The Balaban J connectivity index is 1.54. The van der Waals surface area contributed by atoms with E-state index in [1.165, 1.54) is 19.3 Å². The summed E-state index contributed by atoms with van der Waals surface area (Å²) < 4.78 is 5.33. The molecule has 2 heterocycles. The van der Waals surface area contributed by atoms with Crippen molar-refractivity contribution >= 4 is 11.6 Å². The Kier molecular flexibility index (Phi) is 6.01. The molecule has 2 aliphatic rings. The maximum atomic E-state index is 12.7. The number of aryl methyl sites for hydroxylation is 2. The van der Waals surface area contributed by atoms with E-state index in [0.717, 1.165) is 46.7 Å². The lowest BCUT2D eigenvalue weighted by Crippen LogP contribution is -2.49. The van der Waals surface area contributed by atoms with Gasteiger partial charge in [0.05, 0.1) is 11.8 Å². The van der Waals surface area contributed by atoms with E-state index in [9.17, 15) is 9.90 Å². The molecule has 2 fully saturated rings. The quantitative estimate of drug-likeness (QED) is 0.769. The summed E-state index contributed by atoms with van der Waals surface area (Å²) in [5.41, 5.74) is 4.84. The van der Waals surface area contributed by atoms with E-state index in [-0.39, 0.29) is 12.0 Å². The largest absolute Gasteiger partial charge is 0.390 e. The third kappa shape index (κ3) is 4.70. The lowest BCUT2D eigenvalue weighted by molar-refractivity contribution is -0.117. The molecule has 0 spiro atoms. The monoisotopic (exact) mass is 397 g/mol. The van der Waals surface area contributed by atoms with Crippen molar-refractivity contribution < 1.29 is 14.4 Å². The molecule has 0 atom stereocenters. The van der Waals surface area contributed by atoms with Gasteiger partial charge in [0, 0.05) is 37.3 Å². The van der Waals surface area contributed by atoms with Crippen LogP contribution in [0.1, 0.15) is 55.5 Å². The Hall–Kier alpha value is -2.18. The van der Waals surface area contributed by atoms with Crippen molar-refractivity contribution in [2.45, 2.75) is 65.0 Å². The standard InChI is InChI=1S/C23H31N3O3/c1-15-23(16(2)29-25-15)18-8-9-21(19(11-18)12-26-13-20(27)14-26)24-22(28)10-17-6-4-3-5-7-17/h8-9,11,17,20,27H,3-7,10,12-14H2,1-2H3,(H,24,28). The van der Waals surface area contributed by atoms with Crippen LogP contribution in [0.3, 0.4) is 0 Å². The molecule has 6 heteroatoms. The molecule has 1 aromatic heterocycles. The van der Waals surface area contributed by atoms with Gasteiger partial charge >= 0.3 is 0 Å². The summed E-state index contributed by atoms with van der Waals surface area (Å²) in [4.78, 5) is 14.9. The average Bonchev–Trinajstić information content (AvgIpc) is 3.01. The maximum absolute atomic E-state index is 12.7. The van der Waals surface area contributed by atoms with Gasteiger partial charge in [0.1, 0.15) is 5.76 Å². The van der Waals surface area contributed by atoms with Crippen LogP contribution in [0.4, 0.5) is 5.69 Å². The molecule has 0 bridgehead atoms. The second-order valence-electron chi connectivity index (χ2n) is 8.68. The van der Waals surface area contributed by atoms with Crippen LogP contribution < -0.4 is 5.32 Å². The summed E-state index contributed by atoms with van der Waals surface area (Å²) in [6, 6.07) is 6.14. The van der Waals surface area contributed by atoms with E-state index >= 15 is 0 Å². The lowest BCUT2D eigenvalue weighted by Gasteiger charge is -2.36. The van der Waals surface area contributed by atoms with Gasteiger partial charge in [-0.1, -0.05) is 30.5 Å². The molecular weight excluding hydrogens is 366 g/mol. The van der Waals surface area contributed by atoms with Gasteiger partial charge in [-0.25, -0.2) is 0 Å². The minimum atomic E-state index is -0.245. The highest BCUT2D eigenvalue weighted by atomic mass is 16.5. The third-order valence-corrected chi connectivity index (χ3v) is 6.23. The van der Waals surface area contributed by atoms with Gasteiger partial charge in [0.25, 0.3) is 0 Å². The SMILES string of the molecule is Cc1noc(C)c1-c1ccc(NC(=O)CC2CCCCC2)c(CN2CC(O)C2)c1. The normalized spacial score (nSPS) is 18.6. The molecule has 0 radical (unpaired) electrons. The highest BCUT2D eigenvalue weighted by Gasteiger charge is 2.26. The van der Waals surface area contributed by atoms with Crippen molar-refractivity contribution in [3.8, 4) is 11.1 Å². The smallest absolute Gasteiger partial charge is 0.224 e. The summed E-state index contributed by atoms with van der Waals surface area (Å²) in [7, 11) is 0. The van der Waals surface area contributed by atoms with E-state index in [1.807, 2.05) is 26.0 Å². The molecule has 156 valence electrons. The van der Waals surface area contributed by atoms with Crippen molar-refractivity contribution in [2.75, 3.05) is 18.4 Å². The fraction of sp³-hybridized carbons (Fsp3) is 0.565. The lowest BCUT2D eigenvalue weighted by atomic mass is 9.87. The molecule has 4 rings (SSSR count). The number of amides is 1. The first kappa shape index (κ1) is 20.1. The summed E-state index contributed by atoms with van der Waals surface area (Å²) in [5, 5.41) is 16.9. The topological polar surface area (TPSA) is 78.6 Å². The van der Waals surface area contributed by atoms with Crippen molar-refractivity contribution in [3.63, 3.8) is 0 Å².